The SMILES string of the molecule is CC(c1cccc(N)c1)N(C)c1n[nH]c(=O)[nH]c1=O. The van der Waals surface area contributed by atoms with Crippen LogP contribution in [0.2, 0.25) is 0 Å². The summed E-state index contributed by atoms with van der Waals surface area (Å²) in [7, 11) is 1.73. The van der Waals surface area contributed by atoms with E-state index >= 15 is 0 Å². The zero-order chi connectivity index (χ0) is 14.0. The zero-order valence-electron chi connectivity index (χ0n) is 10.7. The molecular weight excluding hydrogens is 246 g/mol. The van der Waals surface area contributed by atoms with Crippen LogP contribution in [0.1, 0.15) is 18.5 Å². The van der Waals surface area contributed by atoms with Gasteiger partial charge in [0, 0.05) is 12.7 Å². The lowest BCUT2D eigenvalue weighted by molar-refractivity contribution is 0.705. The maximum absolute atomic E-state index is 11.7. The largest absolute Gasteiger partial charge is 0.399 e. The fraction of sp³-hybridized carbons (Fsp3) is 0.250. The minimum absolute atomic E-state index is 0.108. The molecule has 100 valence electrons. The van der Waals surface area contributed by atoms with E-state index < -0.39 is 11.2 Å². The van der Waals surface area contributed by atoms with Gasteiger partial charge >= 0.3 is 5.69 Å². The van der Waals surface area contributed by atoms with Crippen molar-refractivity contribution in [2.24, 2.45) is 0 Å². The van der Waals surface area contributed by atoms with E-state index in [-0.39, 0.29) is 11.9 Å². The first-order valence-corrected chi connectivity index (χ1v) is 5.76. The van der Waals surface area contributed by atoms with E-state index in [4.69, 9.17) is 5.73 Å². The van der Waals surface area contributed by atoms with Gasteiger partial charge in [-0.2, -0.15) is 0 Å². The summed E-state index contributed by atoms with van der Waals surface area (Å²) in [6.07, 6.45) is 0. The first kappa shape index (κ1) is 12.9. The minimum Gasteiger partial charge on any atom is -0.399 e. The van der Waals surface area contributed by atoms with Crippen molar-refractivity contribution in [1.29, 1.82) is 0 Å². The molecule has 7 nitrogen and oxygen atoms in total. The Morgan fingerprint density at radius 2 is 2.11 bits per heavy atom. The van der Waals surface area contributed by atoms with Crippen molar-refractivity contribution in [2.75, 3.05) is 17.7 Å². The van der Waals surface area contributed by atoms with Gasteiger partial charge in [0.05, 0.1) is 6.04 Å². The zero-order valence-corrected chi connectivity index (χ0v) is 10.7. The van der Waals surface area contributed by atoms with Crippen molar-refractivity contribution in [3.63, 3.8) is 0 Å². The second kappa shape index (κ2) is 4.97. The van der Waals surface area contributed by atoms with Crippen LogP contribution in [0.3, 0.4) is 0 Å². The Kier molecular flexibility index (Phi) is 3.37. The van der Waals surface area contributed by atoms with Crippen LogP contribution >= 0.6 is 0 Å². The van der Waals surface area contributed by atoms with Crippen molar-refractivity contribution in [3.8, 4) is 0 Å². The predicted molar refractivity (Wildman–Crippen MR) is 73.2 cm³/mol. The van der Waals surface area contributed by atoms with Gasteiger partial charge in [-0.15, -0.1) is 5.10 Å². The van der Waals surface area contributed by atoms with Crippen LogP contribution in [0.4, 0.5) is 11.5 Å². The number of hydrogen-bond acceptors (Lipinski definition) is 5. The van der Waals surface area contributed by atoms with Crippen molar-refractivity contribution < 1.29 is 0 Å². The lowest BCUT2D eigenvalue weighted by Gasteiger charge is -2.25. The number of benzene rings is 1. The summed E-state index contributed by atoms with van der Waals surface area (Å²) in [6, 6.07) is 7.28. The van der Waals surface area contributed by atoms with E-state index in [9.17, 15) is 9.59 Å². The smallest absolute Gasteiger partial charge is 0.342 e. The number of nitrogens with one attached hydrogen (secondary N) is 2. The number of anilines is 2. The van der Waals surface area contributed by atoms with Gasteiger partial charge in [0.15, 0.2) is 0 Å². The van der Waals surface area contributed by atoms with Crippen LogP contribution in [-0.4, -0.2) is 22.2 Å². The topological polar surface area (TPSA) is 108 Å². The summed E-state index contributed by atoms with van der Waals surface area (Å²) in [6.45, 7) is 1.92. The molecule has 1 heterocycles. The second-order valence-corrected chi connectivity index (χ2v) is 4.29. The summed E-state index contributed by atoms with van der Waals surface area (Å²) in [5, 5.41) is 5.97. The van der Waals surface area contributed by atoms with E-state index in [1.165, 1.54) is 0 Å². The molecule has 0 aliphatic rings. The van der Waals surface area contributed by atoms with E-state index in [1.54, 1.807) is 18.0 Å². The van der Waals surface area contributed by atoms with Crippen LogP contribution in [-0.2, 0) is 0 Å². The highest BCUT2D eigenvalue weighted by Crippen LogP contribution is 2.22. The number of aromatic nitrogens is 3. The van der Waals surface area contributed by atoms with Crippen LogP contribution in [0.5, 0.6) is 0 Å². The summed E-state index contributed by atoms with van der Waals surface area (Å²) in [5.41, 5.74) is 6.19. The molecule has 0 aliphatic heterocycles. The maximum Gasteiger partial charge on any atom is 0.342 e. The molecule has 0 bridgehead atoms. The molecule has 1 atom stereocenters. The lowest BCUT2D eigenvalue weighted by atomic mass is 10.1. The molecular formula is C12H15N5O2. The Morgan fingerprint density at radius 1 is 1.37 bits per heavy atom. The van der Waals surface area contributed by atoms with Crippen molar-refractivity contribution >= 4 is 11.5 Å². The summed E-state index contributed by atoms with van der Waals surface area (Å²) in [5.74, 6) is 0.148. The van der Waals surface area contributed by atoms with E-state index in [1.807, 2.05) is 25.1 Å². The third-order valence-electron chi connectivity index (χ3n) is 3.00. The molecule has 0 saturated heterocycles. The second-order valence-electron chi connectivity index (χ2n) is 4.29. The molecule has 0 spiro atoms. The number of nitrogen functional groups attached to an aromatic ring is 1. The van der Waals surface area contributed by atoms with Gasteiger partial charge in [-0.25, -0.2) is 9.89 Å². The number of rotatable bonds is 3. The Bertz CT molecular complexity index is 691. The van der Waals surface area contributed by atoms with Gasteiger partial charge in [-0.05, 0) is 24.6 Å². The van der Waals surface area contributed by atoms with Crippen molar-refractivity contribution in [1.82, 2.24) is 15.2 Å². The van der Waals surface area contributed by atoms with Crippen LogP contribution in [0.25, 0.3) is 0 Å². The van der Waals surface area contributed by atoms with Gasteiger partial charge in [0.2, 0.25) is 5.82 Å². The highest BCUT2D eigenvalue weighted by molar-refractivity contribution is 5.45. The molecule has 0 radical (unpaired) electrons. The molecule has 19 heavy (non-hydrogen) atoms. The third kappa shape index (κ3) is 2.65. The van der Waals surface area contributed by atoms with Gasteiger partial charge in [-0.1, -0.05) is 12.1 Å². The number of nitrogens with zero attached hydrogens (tertiary/aromatic N) is 2. The van der Waals surface area contributed by atoms with Crippen LogP contribution in [0, 0.1) is 0 Å². The number of aromatic amines is 2. The molecule has 1 aromatic carbocycles. The molecule has 1 unspecified atom stereocenters. The normalized spacial score (nSPS) is 12.1. The molecule has 2 rings (SSSR count). The molecule has 0 amide bonds. The van der Waals surface area contributed by atoms with Gasteiger partial charge in [0.25, 0.3) is 5.56 Å². The lowest BCUT2D eigenvalue weighted by Crippen LogP contribution is -2.33. The molecule has 0 saturated carbocycles. The Morgan fingerprint density at radius 3 is 2.74 bits per heavy atom. The standard InChI is InChI=1S/C12H15N5O2/c1-7(8-4-3-5-9(13)6-8)17(2)10-11(18)14-12(19)16-15-10/h3-7H,13H2,1-2H3,(H2,14,16,18,19). The Labute approximate surface area is 109 Å². The number of hydrogen-bond donors (Lipinski definition) is 3. The van der Waals surface area contributed by atoms with Crippen LogP contribution in [0.15, 0.2) is 33.9 Å². The molecule has 7 heteroatoms. The average Bonchev–Trinajstić information content (AvgIpc) is 2.37. The molecule has 0 aliphatic carbocycles. The van der Waals surface area contributed by atoms with Gasteiger partial charge in [-0.3, -0.25) is 9.78 Å². The highest BCUT2D eigenvalue weighted by Gasteiger charge is 2.16. The minimum atomic E-state index is -0.626. The summed E-state index contributed by atoms with van der Waals surface area (Å²) in [4.78, 5) is 26.4. The summed E-state index contributed by atoms with van der Waals surface area (Å²) >= 11 is 0. The van der Waals surface area contributed by atoms with Gasteiger partial charge < -0.3 is 10.6 Å². The molecule has 0 fully saturated rings. The monoisotopic (exact) mass is 261 g/mol. The molecule has 4 N–H and O–H groups in total. The van der Waals surface area contributed by atoms with Crippen LogP contribution < -0.4 is 21.9 Å². The van der Waals surface area contributed by atoms with Gasteiger partial charge in [0.1, 0.15) is 0 Å². The molecule has 1 aromatic heterocycles. The number of H-pyrrole nitrogens is 2. The fourth-order valence-corrected chi connectivity index (χ4v) is 1.81. The van der Waals surface area contributed by atoms with E-state index in [0.717, 1.165) is 5.56 Å². The van der Waals surface area contributed by atoms with E-state index in [2.05, 4.69) is 15.2 Å². The first-order valence-electron chi connectivity index (χ1n) is 5.76. The Balaban J connectivity index is 2.36. The van der Waals surface area contributed by atoms with Crippen molar-refractivity contribution in [3.05, 3.63) is 50.7 Å². The fourth-order valence-electron chi connectivity index (χ4n) is 1.81. The highest BCUT2D eigenvalue weighted by atomic mass is 16.2. The molecule has 2 aromatic rings. The first-order chi connectivity index (χ1) is 8.99. The maximum atomic E-state index is 11.7. The number of nitrogens with two attached hydrogens (primary N) is 1. The summed E-state index contributed by atoms with van der Waals surface area (Å²) < 4.78 is 0. The van der Waals surface area contributed by atoms with Crippen molar-refractivity contribution in [2.45, 2.75) is 13.0 Å². The third-order valence-corrected chi connectivity index (χ3v) is 3.00. The average molecular weight is 261 g/mol. The van der Waals surface area contributed by atoms with E-state index in [0.29, 0.717) is 5.69 Å². The quantitative estimate of drug-likeness (QED) is 0.686. The Hall–Kier alpha value is -2.57. The predicted octanol–water partition coefficient (Wildman–Crippen LogP) is 0.238.